The molecule has 19 heavy (non-hydrogen) atoms. The van der Waals surface area contributed by atoms with E-state index in [1.807, 2.05) is 6.92 Å². The van der Waals surface area contributed by atoms with Crippen molar-refractivity contribution in [2.75, 3.05) is 5.32 Å². The van der Waals surface area contributed by atoms with Gasteiger partial charge in [0.25, 0.3) is 0 Å². The van der Waals surface area contributed by atoms with Crippen LogP contribution in [0.4, 0.5) is 5.69 Å². The molecule has 1 N–H and O–H groups in total. The minimum atomic E-state index is -0.409. The number of hydrogen-bond donors (Lipinski definition) is 1. The van der Waals surface area contributed by atoms with Crippen LogP contribution >= 0.6 is 0 Å². The SMILES string of the molecule is CC(C)C(C)(C(=O)Nc1ccc(C#N)cc1)C(C)C. The van der Waals surface area contributed by atoms with E-state index in [4.69, 9.17) is 5.26 Å². The van der Waals surface area contributed by atoms with Gasteiger partial charge in [0, 0.05) is 5.69 Å². The van der Waals surface area contributed by atoms with Gasteiger partial charge in [0.1, 0.15) is 0 Å². The Morgan fingerprint density at radius 2 is 1.63 bits per heavy atom. The van der Waals surface area contributed by atoms with E-state index in [2.05, 4.69) is 39.1 Å². The maximum Gasteiger partial charge on any atom is 0.230 e. The van der Waals surface area contributed by atoms with Gasteiger partial charge in [-0.3, -0.25) is 4.79 Å². The second-order valence-corrected chi connectivity index (χ2v) is 5.74. The predicted octanol–water partition coefficient (Wildman–Crippen LogP) is 3.82. The van der Waals surface area contributed by atoms with E-state index in [9.17, 15) is 4.79 Å². The maximum atomic E-state index is 12.5. The van der Waals surface area contributed by atoms with Gasteiger partial charge in [-0.25, -0.2) is 0 Å². The highest BCUT2D eigenvalue weighted by atomic mass is 16.2. The summed E-state index contributed by atoms with van der Waals surface area (Å²) in [7, 11) is 0. The van der Waals surface area contributed by atoms with Crippen molar-refractivity contribution in [3.8, 4) is 6.07 Å². The minimum absolute atomic E-state index is 0.0298. The number of benzene rings is 1. The van der Waals surface area contributed by atoms with Gasteiger partial charge in [-0.05, 0) is 36.1 Å². The Morgan fingerprint density at radius 3 is 2.00 bits per heavy atom. The Bertz CT molecular complexity index is 472. The summed E-state index contributed by atoms with van der Waals surface area (Å²) in [5, 5.41) is 11.7. The first-order valence-corrected chi connectivity index (χ1v) is 6.64. The molecule has 3 nitrogen and oxygen atoms in total. The molecule has 0 aliphatic carbocycles. The zero-order valence-corrected chi connectivity index (χ0v) is 12.3. The highest BCUT2D eigenvalue weighted by molar-refractivity contribution is 5.95. The molecule has 1 amide bonds. The molecule has 0 heterocycles. The number of hydrogen-bond acceptors (Lipinski definition) is 2. The maximum absolute atomic E-state index is 12.5. The lowest BCUT2D eigenvalue weighted by molar-refractivity contribution is -0.129. The molecule has 1 aromatic rings. The van der Waals surface area contributed by atoms with Crippen molar-refractivity contribution in [2.24, 2.45) is 17.3 Å². The minimum Gasteiger partial charge on any atom is -0.326 e. The van der Waals surface area contributed by atoms with Crippen LogP contribution in [0.15, 0.2) is 24.3 Å². The standard InChI is InChI=1S/C16H22N2O/c1-11(2)16(5,12(3)4)15(19)18-14-8-6-13(10-17)7-9-14/h6-9,11-12H,1-5H3,(H,18,19). The summed E-state index contributed by atoms with van der Waals surface area (Å²) in [6.07, 6.45) is 0. The van der Waals surface area contributed by atoms with Crippen LogP contribution in [0.2, 0.25) is 0 Å². The third-order valence-corrected chi connectivity index (χ3v) is 4.16. The predicted molar refractivity (Wildman–Crippen MR) is 77.6 cm³/mol. The lowest BCUT2D eigenvalue weighted by Crippen LogP contribution is -2.42. The second-order valence-electron chi connectivity index (χ2n) is 5.74. The van der Waals surface area contributed by atoms with Gasteiger partial charge in [0.15, 0.2) is 0 Å². The highest BCUT2D eigenvalue weighted by Gasteiger charge is 2.39. The number of amides is 1. The molecule has 102 valence electrons. The van der Waals surface area contributed by atoms with E-state index >= 15 is 0 Å². The lowest BCUT2D eigenvalue weighted by atomic mass is 9.70. The van der Waals surface area contributed by atoms with Crippen LogP contribution in [-0.2, 0) is 4.79 Å². The molecular weight excluding hydrogens is 236 g/mol. The van der Waals surface area contributed by atoms with E-state index in [-0.39, 0.29) is 17.7 Å². The van der Waals surface area contributed by atoms with Crippen molar-refractivity contribution in [3.63, 3.8) is 0 Å². The number of anilines is 1. The van der Waals surface area contributed by atoms with Crippen molar-refractivity contribution in [1.82, 2.24) is 0 Å². The van der Waals surface area contributed by atoms with E-state index in [1.165, 1.54) is 0 Å². The van der Waals surface area contributed by atoms with Crippen molar-refractivity contribution in [3.05, 3.63) is 29.8 Å². The molecule has 0 bridgehead atoms. The Labute approximate surface area is 115 Å². The Kier molecular flexibility index (Phi) is 4.72. The highest BCUT2D eigenvalue weighted by Crippen LogP contribution is 2.36. The second kappa shape index (κ2) is 5.88. The number of carbonyl (C=O) groups is 1. The van der Waals surface area contributed by atoms with Crippen LogP contribution in [0.1, 0.15) is 40.2 Å². The van der Waals surface area contributed by atoms with Gasteiger partial charge in [-0.2, -0.15) is 5.26 Å². The molecule has 0 fully saturated rings. The van der Waals surface area contributed by atoms with Crippen molar-refractivity contribution >= 4 is 11.6 Å². The first-order valence-electron chi connectivity index (χ1n) is 6.64. The monoisotopic (exact) mass is 258 g/mol. The van der Waals surface area contributed by atoms with Crippen molar-refractivity contribution in [2.45, 2.75) is 34.6 Å². The first kappa shape index (κ1) is 15.2. The Morgan fingerprint density at radius 1 is 1.16 bits per heavy atom. The molecule has 0 saturated heterocycles. The average Bonchev–Trinajstić information content (AvgIpc) is 2.37. The Hall–Kier alpha value is -1.82. The molecule has 0 unspecified atom stereocenters. The van der Waals surface area contributed by atoms with Crippen LogP contribution in [0.25, 0.3) is 0 Å². The van der Waals surface area contributed by atoms with Crippen molar-refractivity contribution in [1.29, 1.82) is 5.26 Å². The lowest BCUT2D eigenvalue weighted by Gasteiger charge is -2.36. The summed E-state index contributed by atoms with van der Waals surface area (Å²) in [4.78, 5) is 12.5. The summed E-state index contributed by atoms with van der Waals surface area (Å²) in [5.41, 5.74) is 0.915. The summed E-state index contributed by atoms with van der Waals surface area (Å²) in [6.45, 7) is 10.3. The Balaban J connectivity index is 2.91. The summed E-state index contributed by atoms with van der Waals surface area (Å²) < 4.78 is 0. The average molecular weight is 258 g/mol. The normalized spacial score (nSPS) is 11.5. The van der Waals surface area contributed by atoms with Gasteiger partial charge >= 0.3 is 0 Å². The third-order valence-electron chi connectivity index (χ3n) is 4.16. The van der Waals surface area contributed by atoms with Crippen molar-refractivity contribution < 1.29 is 4.79 Å². The summed E-state index contributed by atoms with van der Waals surface area (Å²) in [5.74, 6) is 0.541. The summed E-state index contributed by atoms with van der Waals surface area (Å²) >= 11 is 0. The van der Waals surface area contributed by atoms with E-state index in [0.717, 1.165) is 5.69 Å². The van der Waals surface area contributed by atoms with Gasteiger partial charge in [0.2, 0.25) is 5.91 Å². The van der Waals surface area contributed by atoms with Crippen LogP contribution in [0, 0.1) is 28.6 Å². The van der Waals surface area contributed by atoms with E-state index < -0.39 is 5.41 Å². The number of carbonyl (C=O) groups excluding carboxylic acids is 1. The largest absolute Gasteiger partial charge is 0.326 e. The zero-order chi connectivity index (χ0) is 14.6. The molecule has 0 spiro atoms. The fourth-order valence-electron chi connectivity index (χ4n) is 2.08. The molecule has 0 atom stereocenters. The third kappa shape index (κ3) is 3.14. The molecule has 0 aliphatic rings. The molecule has 0 aliphatic heterocycles. The molecule has 1 rings (SSSR count). The fraction of sp³-hybridized carbons (Fsp3) is 0.500. The topological polar surface area (TPSA) is 52.9 Å². The zero-order valence-electron chi connectivity index (χ0n) is 12.3. The van der Waals surface area contributed by atoms with Gasteiger partial charge in [0.05, 0.1) is 17.0 Å². The molecular formula is C16H22N2O. The fourth-order valence-corrected chi connectivity index (χ4v) is 2.08. The number of nitrogens with one attached hydrogen (secondary N) is 1. The van der Waals surface area contributed by atoms with Crippen LogP contribution in [0.5, 0.6) is 0 Å². The quantitative estimate of drug-likeness (QED) is 0.892. The van der Waals surface area contributed by atoms with Gasteiger partial charge in [-0.1, -0.05) is 34.6 Å². The van der Waals surface area contributed by atoms with Crippen LogP contribution in [-0.4, -0.2) is 5.91 Å². The number of nitrogens with zero attached hydrogens (tertiary/aromatic N) is 1. The molecule has 0 radical (unpaired) electrons. The molecule has 3 heteroatoms. The molecule has 0 aromatic heterocycles. The van der Waals surface area contributed by atoms with E-state index in [0.29, 0.717) is 5.56 Å². The van der Waals surface area contributed by atoms with Gasteiger partial charge in [-0.15, -0.1) is 0 Å². The molecule has 0 saturated carbocycles. The van der Waals surface area contributed by atoms with Crippen LogP contribution in [0.3, 0.4) is 0 Å². The van der Waals surface area contributed by atoms with E-state index in [1.54, 1.807) is 24.3 Å². The number of rotatable bonds is 4. The molecule has 1 aromatic carbocycles. The number of nitriles is 1. The summed E-state index contributed by atoms with van der Waals surface area (Å²) in [6, 6.07) is 9.00. The first-order chi connectivity index (χ1) is 8.82. The van der Waals surface area contributed by atoms with Gasteiger partial charge < -0.3 is 5.32 Å². The smallest absolute Gasteiger partial charge is 0.230 e. The van der Waals surface area contributed by atoms with Crippen LogP contribution < -0.4 is 5.32 Å².